The second kappa shape index (κ2) is 5.21. The van der Waals surface area contributed by atoms with Crippen LogP contribution in [0.2, 0.25) is 5.02 Å². The number of thiophene rings is 1. The zero-order chi connectivity index (χ0) is 11.5. The maximum atomic E-state index is 5.87. The zero-order valence-corrected chi connectivity index (χ0v) is 11.9. The molecule has 1 N–H and O–H groups in total. The maximum absolute atomic E-state index is 5.87. The van der Waals surface area contributed by atoms with Crippen LogP contribution in [0, 0.1) is 6.92 Å². The molecule has 4 heteroatoms. The summed E-state index contributed by atoms with van der Waals surface area (Å²) >= 11 is 11.1. The van der Waals surface area contributed by atoms with E-state index in [0.717, 1.165) is 21.7 Å². The predicted molar refractivity (Wildman–Crippen MR) is 75.5 cm³/mol. The number of anilines is 1. The average Bonchev–Trinajstić information content (AvgIpc) is 2.67. The summed E-state index contributed by atoms with van der Waals surface area (Å²) in [6.45, 7) is 2.91. The highest BCUT2D eigenvalue weighted by molar-refractivity contribution is 9.10. The van der Waals surface area contributed by atoms with Crippen molar-refractivity contribution in [2.24, 2.45) is 0 Å². The Hall–Kier alpha value is -0.510. The topological polar surface area (TPSA) is 12.0 Å². The molecule has 0 unspecified atom stereocenters. The Morgan fingerprint density at radius 3 is 2.94 bits per heavy atom. The number of nitrogens with one attached hydrogen (secondary N) is 1. The minimum Gasteiger partial charge on any atom is -0.380 e. The quantitative estimate of drug-likeness (QED) is 0.832. The van der Waals surface area contributed by atoms with Crippen LogP contribution in [-0.2, 0) is 6.54 Å². The van der Waals surface area contributed by atoms with Crippen LogP contribution in [0.4, 0.5) is 5.69 Å². The van der Waals surface area contributed by atoms with E-state index < -0.39 is 0 Å². The minimum atomic E-state index is 0.813. The van der Waals surface area contributed by atoms with Crippen LogP contribution in [0.25, 0.3) is 0 Å². The Morgan fingerprint density at radius 1 is 1.44 bits per heavy atom. The van der Waals surface area contributed by atoms with Crippen LogP contribution >= 0.6 is 38.9 Å². The first-order chi connectivity index (χ1) is 7.66. The molecule has 0 spiro atoms. The van der Waals surface area contributed by atoms with Crippen LogP contribution in [0.5, 0.6) is 0 Å². The highest BCUT2D eigenvalue weighted by Crippen LogP contribution is 2.25. The Morgan fingerprint density at radius 2 is 2.25 bits per heavy atom. The van der Waals surface area contributed by atoms with Crippen molar-refractivity contribution in [2.45, 2.75) is 13.5 Å². The molecule has 2 rings (SSSR count). The van der Waals surface area contributed by atoms with Gasteiger partial charge in [0.15, 0.2) is 0 Å². The van der Waals surface area contributed by atoms with Crippen molar-refractivity contribution in [1.82, 2.24) is 0 Å². The molecule has 0 saturated heterocycles. The lowest BCUT2D eigenvalue weighted by atomic mass is 10.2. The van der Waals surface area contributed by atoms with Gasteiger partial charge in [0.2, 0.25) is 0 Å². The van der Waals surface area contributed by atoms with Gasteiger partial charge in [-0.25, -0.2) is 0 Å². The third-order valence-corrected chi connectivity index (χ3v) is 4.49. The monoisotopic (exact) mass is 315 g/mol. The fourth-order valence-electron chi connectivity index (χ4n) is 1.43. The van der Waals surface area contributed by atoms with E-state index in [1.54, 1.807) is 11.3 Å². The van der Waals surface area contributed by atoms with Gasteiger partial charge < -0.3 is 5.32 Å². The lowest BCUT2D eigenvalue weighted by Gasteiger charge is -2.09. The molecule has 2 aromatic rings. The van der Waals surface area contributed by atoms with Gasteiger partial charge in [0.1, 0.15) is 0 Å². The predicted octanol–water partition coefficient (Wildman–Crippen LogP) is 5.08. The molecule has 84 valence electrons. The molecule has 0 fully saturated rings. The van der Waals surface area contributed by atoms with Gasteiger partial charge in [-0.2, -0.15) is 0 Å². The van der Waals surface area contributed by atoms with Crippen molar-refractivity contribution in [3.05, 3.63) is 49.6 Å². The normalized spacial score (nSPS) is 10.4. The molecule has 0 atom stereocenters. The van der Waals surface area contributed by atoms with E-state index in [0.29, 0.717) is 0 Å². The first-order valence-corrected chi connectivity index (χ1v) is 6.94. The van der Waals surface area contributed by atoms with Crippen molar-refractivity contribution in [1.29, 1.82) is 0 Å². The second-order valence-electron chi connectivity index (χ2n) is 3.50. The fourth-order valence-corrected chi connectivity index (χ4v) is 2.81. The lowest BCUT2D eigenvalue weighted by molar-refractivity contribution is 1.18. The van der Waals surface area contributed by atoms with Crippen LogP contribution < -0.4 is 5.32 Å². The van der Waals surface area contributed by atoms with Gasteiger partial charge in [0.05, 0.1) is 5.02 Å². The average molecular weight is 317 g/mol. The molecule has 1 aromatic carbocycles. The van der Waals surface area contributed by atoms with Crippen molar-refractivity contribution in [2.75, 3.05) is 5.32 Å². The standard InChI is InChI=1S/C12H11BrClNS/c1-8-11(13)3-2-4-12(8)15-6-10-5-9(14)7-16-10/h2-5,7,15H,6H2,1H3. The van der Waals surface area contributed by atoms with Crippen LogP contribution in [-0.4, -0.2) is 0 Å². The third kappa shape index (κ3) is 2.78. The Balaban J connectivity index is 2.07. The first kappa shape index (κ1) is 12.0. The Labute approximate surface area is 113 Å². The van der Waals surface area contributed by atoms with Crippen LogP contribution in [0.15, 0.2) is 34.1 Å². The van der Waals surface area contributed by atoms with Crippen molar-refractivity contribution < 1.29 is 0 Å². The molecule has 1 aromatic heterocycles. The van der Waals surface area contributed by atoms with Gasteiger partial charge in [-0.1, -0.05) is 33.6 Å². The van der Waals surface area contributed by atoms with E-state index in [-0.39, 0.29) is 0 Å². The van der Waals surface area contributed by atoms with Crippen LogP contribution in [0.3, 0.4) is 0 Å². The molecular formula is C12H11BrClNS. The van der Waals surface area contributed by atoms with Crippen molar-refractivity contribution >= 4 is 44.6 Å². The molecular weight excluding hydrogens is 306 g/mol. The van der Waals surface area contributed by atoms with E-state index >= 15 is 0 Å². The van der Waals surface area contributed by atoms with Gasteiger partial charge in [0, 0.05) is 27.0 Å². The largest absolute Gasteiger partial charge is 0.380 e. The second-order valence-corrected chi connectivity index (χ2v) is 5.78. The van der Waals surface area contributed by atoms with E-state index in [4.69, 9.17) is 11.6 Å². The molecule has 0 aliphatic rings. The molecule has 1 heterocycles. The molecule has 16 heavy (non-hydrogen) atoms. The molecule has 0 aliphatic heterocycles. The van der Waals surface area contributed by atoms with Gasteiger partial charge >= 0.3 is 0 Å². The lowest BCUT2D eigenvalue weighted by Crippen LogP contribution is -1.99. The fraction of sp³-hybridized carbons (Fsp3) is 0.167. The van der Waals surface area contributed by atoms with E-state index in [1.807, 2.05) is 23.6 Å². The minimum absolute atomic E-state index is 0.813. The summed E-state index contributed by atoms with van der Waals surface area (Å²) in [5.41, 5.74) is 2.38. The van der Waals surface area contributed by atoms with Gasteiger partial charge in [-0.15, -0.1) is 11.3 Å². The van der Waals surface area contributed by atoms with Gasteiger partial charge in [-0.3, -0.25) is 0 Å². The smallest absolute Gasteiger partial charge is 0.0516 e. The zero-order valence-electron chi connectivity index (χ0n) is 8.76. The molecule has 1 nitrogen and oxygen atoms in total. The summed E-state index contributed by atoms with van der Waals surface area (Å²) in [4.78, 5) is 1.24. The summed E-state index contributed by atoms with van der Waals surface area (Å²) in [6.07, 6.45) is 0. The first-order valence-electron chi connectivity index (χ1n) is 4.88. The number of rotatable bonds is 3. The summed E-state index contributed by atoms with van der Waals surface area (Å²) < 4.78 is 1.13. The van der Waals surface area contributed by atoms with Crippen molar-refractivity contribution in [3.8, 4) is 0 Å². The van der Waals surface area contributed by atoms with Gasteiger partial charge in [0.25, 0.3) is 0 Å². The Kier molecular flexibility index (Phi) is 3.90. The summed E-state index contributed by atoms with van der Waals surface area (Å²) in [5.74, 6) is 0. The Bertz CT molecular complexity index is 496. The molecule has 0 amide bonds. The SMILES string of the molecule is Cc1c(Br)cccc1NCc1cc(Cl)cs1. The number of benzene rings is 1. The maximum Gasteiger partial charge on any atom is 0.0516 e. The van der Waals surface area contributed by atoms with E-state index in [9.17, 15) is 0 Å². The van der Waals surface area contributed by atoms with E-state index in [2.05, 4.69) is 34.2 Å². The van der Waals surface area contributed by atoms with Crippen molar-refractivity contribution in [3.63, 3.8) is 0 Å². The molecule has 0 saturated carbocycles. The molecule has 0 aliphatic carbocycles. The highest BCUT2D eigenvalue weighted by atomic mass is 79.9. The summed E-state index contributed by atoms with van der Waals surface area (Å²) in [6, 6.07) is 8.14. The molecule has 0 bridgehead atoms. The highest BCUT2D eigenvalue weighted by Gasteiger charge is 2.02. The van der Waals surface area contributed by atoms with Crippen LogP contribution in [0.1, 0.15) is 10.4 Å². The number of halogens is 2. The molecule has 0 radical (unpaired) electrons. The summed E-state index contributed by atoms with van der Waals surface area (Å²) in [5, 5.41) is 6.17. The summed E-state index contributed by atoms with van der Waals surface area (Å²) in [7, 11) is 0. The number of hydrogen-bond acceptors (Lipinski definition) is 2. The van der Waals surface area contributed by atoms with Gasteiger partial charge in [-0.05, 0) is 30.7 Å². The third-order valence-electron chi connectivity index (χ3n) is 2.34. The van der Waals surface area contributed by atoms with E-state index in [1.165, 1.54) is 10.4 Å². The number of hydrogen-bond donors (Lipinski definition) is 1.